The van der Waals surface area contributed by atoms with Crippen molar-refractivity contribution in [1.82, 2.24) is 10.3 Å². The molecular formula is C28H37ClN2O4. The van der Waals surface area contributed by atoms with Crippen molar-refractivity contribution in [3.05, 3.63) is 53.9 Å². The maximum Gasteiger partial charge on any atom is 0.161 e. The number of hydrogen-bond donors (Lipinski definition) is 1. The molecule has 1 unspecified atom stereocenters. The lowest BCUT2D eigenvalue weighted by molar-refractivity contribution is 0.353. The lowest BCUT2D eigenvalue weighted by atomic mass is 9.88. The van der Waals surface area contributed by atoms with Gasteiger partial charge in [-0.05, 0) is 67.1 Å². The Kier molecular flexibility index (Phi) is 9.87. The van der Waals surface area contributed by atoms with Gasteiger partial charge in [0, 0.05) is 23.5 Å². The fraction of sp³-hybridized carbons (Fsp3) is 0.464. The van der Waals surface area contributed by atoms with Crippen molar-refractivity contribution in [2.24, 2.45) is 0 Å². The van der Waals surface area contributed by atoms with Crippen LogP contribution in [-0.4, -0.2) is 46.0 Å². The Morgan fingerprint density at radius 3 is 2.17 bits per heavy atom. The molecule has 0 radical (unpaired) electrons. The average molecular weight is 501 g/mol. The van der Waals surface area contributed by atoms with Gasteiger partial charge in [0.1, 0.15) is 0 Å². The number of pyridine rings is 1. The highest BCUT2D eigenvalue weighted by molar-refractivity contribution is 5.88. The first-order valence-corrected chi connectivity index (χ1v) is 12.1. The number of nitrogens with one attached hydrogen (secondary N) is 1. The van der Waals surface area contributed by atoms with Crippen LogP contribution in [0.4, 0.5) is 0 Å². The molecule has 4 rings (SSSR count). The van der Waals surface area contributed by atoms with Crippen molar-refractivity contribution < 1.29 is 18.9 Å². The first kappa shape index (κ1) is 26.9. The summed E-state index contributed by atoms with van der Waals surface area (Å²) in [5.74, 6) is 2.95. The average Bonchev–Trinajstić information content (AvgIpc) is 2.90. The third-order valence-corrected chi connectivity index (χ3v) is 6.91. The largest absolute Gasteiger partial charge is 0.493 e. The molecule has 1 fully saturated rings. The van der Waals surface area contributed by atoms with Crippen LogP contribution in [0.25, 0.3) is 10.8 Å². The van der Waals surface area contributed by atoms with Crippen molar-refractivity contribution in [3.8, 4) is 23.0 Å². The number of ether oxygens (including phenoxy) is 4. The summed E-state index contributed by atoms with van der Waals surface area (Å²) in [5, 5.41) is 5.95. The molecule has 1 atom stereocenters. The third kappa shape index (κ3) is 6.11. The Bertz CT molecular complexity index is 1100. The zero-order valence-corrected chi connectivity index (χ0v) is 22.0. The summed E-state index contributed by atoms with van der Waals surface area (Å²) >= 11 is 0. The monoisotopic (exact) mass is 500 g/mol. The molecule has 1 aliphatic carbocycles. The Hall–Kier alpha value is -2.70. The Morgan fingerprint density at radius 2 is 1.49 bits per heavy atom. The number of nitrogens with zero attached hydrogens (tertiary/aromatic N) is 1. The van der Waals surface area contributed by atoms with E-state index in [1.54, 1.807) is 28.4 Å². The SMILES string of the molecule is COc1ccc(C(CCNC2CCCCC2)c2nccc3cc(OC)c(OC)cc23)cc1OC.Cl. The molecule has 0 spiro atoms. The molecule has 1 aliphatic rings. The Labute approximate surface area is 214 Å². The van der Waals surface area contributed by atoms with Crippen molar-refractivity contribution >= 4 is 23.2 Å². The molecule has 7 heteroatoms. The molecule has 1 aromatic heterocycles. The minimum atomic E-state index is 0. The van der Waals surface area contributed by atoms with E-state index in [-0.39, 0.29) is 18.3 Å². The van der Waals surface area contributed by atoms with Gasteiger partial charge in [-0.3, -0.25) is 4.98 Å². The summed E-state index contributed by atoms with van der Waals surface area (Å²) in [6.45, 7) is 0.926. The highest BCUT2D eigenvalue weighted by Gasteiger charge is 2.22. The zero-order valence-electron chi connectivity index (χ0n) is 21.1. The van der Waals surface area contributed by atoms with Crippen LogP contribution >= 0.6 is 12.4 Å². The van der Waals surface area contributed by atoms with Crippen molar-refractivity contribution in [2.75, 3.05) is 35.0 Å². The summed E-state index contributed by atoms with van der Waals surface area (Å²) < 4.78 is 22.2. The van der Waals surface area contributed by atoms with E-state index < -0.39 is 0 Å². The van der Waals surface area contributed by atoms with Gasteiger partial charge in [0.25, 0.3) is 0 Å². The van der Waals surface area contributed by atoms with Crippen LogP contribution in [-0.2, 0) is 0 Å². The lowest BCUT2D eigenvalue weighted by Crippen LogP contribution is -2.32. The summed E-state index contributed by atoms with van der Waals surface area (Å²) in [5.41, 5.74) is 2.17. The third-order valence-electron chi connectivity index (χ3n) is 6.91. The van der Waals surface area contributed by atoms with Crippen LogP contribution < -0.4 is 24.3 Å². The van der Waals surface area contributed by atoms with Crippen molar-refractivity contribution in [2.45, 2.75) is 50.5 Å². The van der Waals surface area contributed by atoms with E-state index in [0.29, 0.717) is 17.5 Å². The van der Waals surface area contributed by atoms with Crippen LogP contribution in [0.5, 0.6) is 23.0 Å². The topological polar surface area (TPSA) is 61.8 Å². The molecule has 3 aromatic rings. The van der Waals surface area contributed by atoms with Crippen LogP contribution in [0.2, 0.25) is 0 Å². The molecular weight excluding hydrogens is 464 g/mol. The molecule has 190 valence electrons. The molecule has 1 heterocycles. The maximum atomic E-state index is 5.62. The molecule has 0 amide bonds. The van der Waals surface area contributed by atoms with Gasteiger partial charge in [-0.25, -0.2) is 0 Å². The summed E-state index contributed by atoms with van der Waals surface area (Å²) in [7, 11) is 6.67. The zero-order chi connectivity index (χ0) is 23.9. The van der Waals surface area contributed by atoms with E-state index in [9.17, 15) is 0 Å². The van der Waals surface area contributed by atoms with E-state index in [2.05, 4.69) is 17.4 Å². The second-order valence-electron chi connectivity index (χ2n) is 8.87. The quantitative estimate of drug-likeness (QED) is 0.361. The van der Waals surface area contributed by atoms with Crippen LogP contribution in [0.3, 0.4) is 0 Å². The Balaban J connectivity index is 0.00000342. The van der Waals surface area contributed by atoms with Gasteiger partial charge in [-0.2, -0.15) is 0 Å². The van der Waals surface area contributed by atoms with E-state index in [1.807, 2.05) is 30.5 Å². The number of methoxy groups -OCH3 is 4. The number of aromatic nitrogens is 1. The van der Waals surface area contributed by atoms with Crippen LogP contribution in [0, 0.1) is 0 Å². The van der Waals surface area contributed by atoms with E-state index in [4.69, 9.17) is 23.9 Å². The molecule has 35 heavy (non-hydrogen) atoms. The van der Waals surface area contributed by atoms with Gasteiger partial charge in [0.05, 0.1) is 34.1 Å². The van der Waals surface area contributed by atoms with Gasteiger partial charge in [0.2, 0.25) is 0 Å². The second kappa shape index (κ2) is 12.8. The smallest absolute Gasteiger partial charge is 0.161 e. The minimum absolute atomic E-state index is 0. The van der Waals surface area contributed by atoms with E-state index >= 15 is 0 Å². The molecule has 2 aromatic carbocycles. The highest BCUT2D eigenvalue weighted by Crippen LogP contribution is 2.39. The maximum absolute atomic E-state index is 5.62. The minimum Gasteiger partial charge on any atom is -0.493 e. The van der Waals surface area contributed by atoms with Crippen molar-refractivity contribution in [1.29, 1.82) is 0 Å². The number of hydrogen-bond acceptors (Lipinski definition) is 6. The van der Waals surface area contributed by atoms with Gasteiger partial charge in [-0.15, -0.1) is 12.4 Å². The van der Waals surface area contributed by atoms with Gasteiger partial charge < -0.3 is 24.3 Å². The summed E-state index contributed by atoms with van der Waals surface area (Å²) in [6, 6.07) is 12.9. The molecule has 6 nitrogen and oxygen atoms in total. The second-order valence-corrected chi connectivity index (χ2v) is 8.87. The van der Waals surface area contributed by atoms with Gasteiger partial charge in [0.15, 0.2) is 23.0 Å². The predicted octanol–water partition coefficient (Wildman–Crippen LogP) is 6.14. The normalized spacial score (nSPS) is 14.7. The molecule has 0 aliphatic heterocycles. The van der Waals surface area contributed by atoms with Crippen LogP contribution in [0.15, 0.2) is 42.6 Å². The molecule has 1 N–H and O–H groups in total. The molecule has 0 bridgehead atoms. The fourth-order valence-corrected chi connectivity index (χ4v) is 5.07. The predicted molar refractivity (Wildman–Crippen MR) is 143 cm³/mol. The number of halogens is 1. The van der Waals surface area contributed by atoms with E-state index in [0.717, 1.165) is 46.5 Å². The molecule has 1 saturated carbocycles. The van der Waals surface area contributed by atoms with Gasteiger partial charge in [-0.1, -0.05) is 25.3 Å². The summed E-state index contributed by atoms with van der Waals surface area (Å²) in [4.78, 5) is 4.88. The van der Waals surface area contributed by atoms with Crippen molar-refractivity contribution in [3.63, 3.8) is 0 Å². The summed E-state index contributed by atoms with van der Waals surface area (Å²) in [6.07, 6.45) is 9.34. The lowest BCUT2D eigenvalue weighted by Gasteiger charge is -2.25. The van der Waals surface area contributed by atoms with Crippen LogP contribution in [0.1, 0.15) is 55.7 Å². The van der Waals surface area contributed by atoms with E-state index in [1.165, 1.54) is 32.1 Å². The Morgan fingerprint density at radius 1 is 0.829 bits per heavy atom. The standard InChI is InChI=1S/C28H36N2O4.ClH/c1-31-24-11-10-19(16-25(24)32-2)22(13-15-29-21-8-6-5-7-9-21)28-23-18-27(34-4)26(33-3)17-20(23)12-14-30-28;/h10-12,14,16-18,21-22,29H,5-9,13,15H2,1-4H3;1H. The van der Waals surface area contributed by atoms with Gasteiger partial charge >= 0.3 is 0 Å². The number of rotatable bonds is 10. The first-order chi connectivity index (χ1) is 16.7. The number of fused-ring (bicyclic) bond motifs is 1. The fourth-order valence-electron chi connectivity index (χ4n) is 5.07. The number of benzene rings is 2. The first-order valence-electron chi connectivity index (χ1n) is 12.1. The molecule has 0 saturated heterocycles. The highest BCUT2D eigenvalue weighted by atomic mass is 35.5.